The minimum atomic E-state index is 0.0454. The van der Waals surface area contributed by atoms with E-state index in [1.807, 2.05) is 51.4 Å². The van der Waals surface area contributed by atoms with Crippen molar-refractivity contribution in [3.63, 3.8) is 0 Å². The number of amides is 1. The van der Waals surface area contributed by atoms with Gasteiger partial charge in [0.15, 0.2) is 0 Å². The summed E-state index contributed by atoms with van der Waals surface area (Å²) in [6, 6.07) is 25.0. The highest BCUT2D eigenvalue weighted by molar-refractivity contribution is 5.84. The zero-order chi connectivity index (χ0) is 21.8. The fraction of sp³-hybridized carbons (Fsp3) is 0.222. The summed E-state index contributed by atoms with van der Waals surface area (Å²) in [5.74, 6) is 0.109. The molecule has 0 aliphatic heterocycles. The molecule has 4 aromatic rings. The normalized spacial score (nSPS) is 12.0. The highest BCUT2D eigenvalue weighted by Crippen LogP contribution is 2.31. The number of aromatic amines is 1. The minimum absolute atomic E-state index is 0.0454. The summed E-state index contributed by atoms with van der Waals surface area (Å²) in [7, 11) is 4.08. The lowest BCUT2D eigenvalue weighted by Gasteiger charge is -2.20. The van der Waals surface area contributed by atoms with E-state index in [2.05, 4.69) is 63.9 Å². The average molecular weight is 412 g/mol. The second kappa shape index (κ2) is 9.09. The molecular weight excluding hydrogens is 382 g/mol. The number of H-pyrrole nitrogens is 1. The number of benzene rings is 3. The number of anilines is 1. The molecule has 1 aromatic heterocycles. The maximum absolute atomic E-state index is 12.8. The van der Waals surface area contributed by atoms with Crippen LogP contribution in [0.15, 0.2) is 79.0 Å². The Labute approximate surface area is 183 Å². The standard InChI is InChI=1S/C27H29N3O/c1-19-8-4-5-9-21(19)16-27(31)29-17-24(20-12-14-22(15-13-20)30(2)3)25-18-28-26-11-7-6-10-23(25)26/h4-15,18,24,28H,16-17H2,1-3H3,(H,29,31). The zero-order valence-electron chi connectivity index (χ0n) is 18.4. The molecule has 0 saturated carbocycles. The molecule has 3 aromatic carbocycles. The van der Waals surface area contributed by atoms with Crippen LogP contribution in [0.5, 0.6) is 0 Å². The average Bonchev–Trinajstić information content (AvgIpc) is 3.20. The van der Waals surface area contributed by atoms with Crippen molar-refractivity contribution in [1.29, 1.82) is 0 Å². The number of aryl methyl sites for hydroxylation is 1. The van der Waals surface area contributed by atoms with E-state index in [1.165, 1.54) is 16.5 Å². The van der Waals surface area contributed by atoms with Gasteiger partial charge in [-0.1, -0.05) is 54.6 Å². The van der Waals surface area contributed by atoms with Crippen LogP contribution in [0.4, 0.5) is 5.69 Å². The van der Waals surface area contributed by atoms with E-state index < -0.39 is 0 Å². The number of fused-ring (bicyclic) bond motifs is 1. The van der Waals surface area contributed by atoms with Crippen LogP contribution in [0.3, 0.4) is 0 Å². The summed E-state index contributed by atoms with van der Waals surface area (Å²) in [6.45, 7) is 2.59. The molecule has 0 aliphatic carbocycles. The van der Waals surface area contributed by atoms with Crippen molar-refractivity contribution in [2.75, 3.05) is 25.5 Å². The van der Waals surface area contributed by atoms with Gasteiger partial charge < -0.3 is 15.2 Å². The first-order valence-electron chi connectivity index (χ1n) is 10.7. The Hall–Kier alpha value is -3.53. The highest BCUT2D eigenvalue weighted by atomic mass is 16.1. The lowest BCUT2D eigenvalue weighted by Crippen LogP contribution is -2.30. The van der Waals surface area contributed by atoms with Gasteiger partial charge in [-0.2, -0.15) is 0 Å². The van der Waals surface area contributed by atoms with Crippen LogP contribution in [-0.4, -0.2) is 31.5 Å². The molecule has 4 rings (SSSR count). The second-order valence-corrected chi connectivity index (χ2v) is 8.24. The number of nitrogens with one attached hydrogen (secondary N) is 2. The summed E-state index contributed by atoms with van der Waals surface area (Å²) in [5, 5.41) is 4.38. The Morgan fingerprint density at radius 1 is 0.968 bits per heavy atom. The van der Waals surface area contributed by atoms with E-state index in [9.17, 15) is 4.79 Å². The Kier molecular flexibility index (Phi) is 6.08. The number of carbonyl (C=O) groups is 1. The quantitative estimate of drug-likeness (QED) is 0.448. The number of hydrogen-bond donors (Lipinski definition) is 2. The molecule has 0 saturated heterocycles. The summed E-state index contributed by atoms with van der Waals surface area (Å²) in [5.41, 5.74) is 6.86. The van der Waals surface area contributed by atoms with Crippen LogP contribution in [0, 0.1) is 6.92 Å². The minimum Gasteiger partial charge on any atom is -0.378 e. The van der Waals surface area contributed by atoms with E-state index in [4.69, 9.17) is 0 Å². The molecule has 0 fully saturated rings. The van der Waals surface area contributed by atoms with Gasteiger partial charge in [-0.25, -0.2) is 0 Å². The van der Waals surface area contributed by atoms with Crippen molar-refractivity contribution in [3.8, 4) is 0 Å². The number of aromatic nitrogens is 1. The molecule has 31 heavy (non-hydrogen) atoms. The smallest absolute Gasteiger partial charge is 0.224 e. The summed E-state index contributed by atoms with van der Waals surface area (Å²) < 4.78 is 0. The first kappa shape index (κ1) is 20.7. The number of carbonyl (C=O) groups excluding carboxylic acids is 1. The molecule has 1 amide bonds. The first-order valence-corrected chi connectivity index (χ1v) is 10.7. The Morgan fingerprint density at radius 2 is 1.68 bits per heavy atom. The predicted molar refractivity (Wildman–Crippen MR) is 129 cm³/mol. The fourth-order valence-corrected chi connectivity index (χ4v) is 4.05. The SMILES string of the molecule is Cc1ccccc1CC(=O)NCC(c1ccc(N(C)C)cc1)c1c[nH]c2ccccc12. The van der Waals surface area contributed by atoms with Crippen LogP contribution >= 0.6 is 0 Å². The molecule has 2 N–H and O–H groups in total. The second-order valence-electron chi connectivity index (χ2n) is 8.24. The third kappa shape index (κ3) is 4.64. The monoisotopic (exact) mass is 411 g/mol. The number of hydrogen-bond acceptors (Lipinski definition) is 2. The van der Waals surface area contributed by atoms with Crippen LogP contribution < -0.4 is 10.2 Å². The van der Waals surface area contributed by atoms with Gasteiger partial charge in [-0.3, -0.25) is 4.79 Å². The molecule has 1 atom stereocenters. The number of para-hydroxylation sites is 1. The van der Waals surface area contributed by atoms with Crippen LogP contribution in [0.1, 0.15) is 28.2 Å². The van der Waals surface area contributed by atoms with Crippen LogP contribution in [0.25, 0.3) is 10.9 Å². The van der Waals surface area contributed by atoms with E-state index in [-0.39, 0.29) is 11.8 Å². The van der Waals surface area contributed by atoms with Gasteiger partial charge in [-0.05, 0) is 47.4 Å². The zero-order valence-corrected chi connectivity index (χ0v) is 18.4. The molecule has 0 spiro atoms. The molecule has 158 valence electrons. The summed E-state index contributed by atoms with van der Waals surface area (Å²) >= 11 is 0. The number of nitrogens with zero attached hydrogens (tertiary/aromatic N) is 1. The maximum atomic E-state index is 12.8. The predicted octanol–water partition coefficient (Wildman–Crippen LogP) is 5.03. The Morgan fingerprint density at radius 3 is 2.42 bits per heavy atom. The Bertz CT molecular complexity index is 1170. The maximum Gasteiger partial charge on any atom is 0.224 e. The first-order chi connectivity index (χ1) is 15.0. The van der Waals surface area contributed by atoms with Gasteiger partial charge in [0.25, 0.3) is 0 Å². The van der Waals surface area contributed by atoms with E-state index >= 15 is 0 Å². The number of rotatable bonds is 7. The van der Waals surface area contributed by atoms with Crippen molar-refractivity contribution < 1.29 is 4.79 Å². The van der Waals surface area contributed by atoms with E-state index in [0.29, 0.717) is 13.0 Å². The topological polar surface area (TPSA) is 48.1 Å². The third-order valence-corrected chi connectivity index (χ3v) is 5.92. The van der Waals surface area contributed by atoms with Crippen LogP contribution in [-0.2, 0) is 11.2 Å². The molecule has 0 aliphatic rings. The van der Waals surface area contributed by atoms with Crippen molar-refractivity contribution >= 4 is 22.5 Å². The molecule has 0 radical (unpaired) electrons. The van der Waals surface area contributed by atoms with Gasteiger partial charge in [0.05, 0.1) is 6.42 Å². The fourth-order valence-electron chi connectivity index (χ4n) is 4.05. The molecule has 1 heterocycles. The Balaban J connectivity index is 1.59. The molecule has 4 nitrogen and oxygen atoms in total. The molecule has 1 unspecified atom stereocenters. The largest absolute Gasteiger partial charge is 0.378 e. The van der Waals surface area contributed by atoms with Crippen molar-refractivity contribution in [3.05, 3.63) is 101 Å². The van der Waals surface area contributed by atoms with Crippen molar-refractivity contribution in [1.82, 2.24) is 10.3 Å². The lowest BCUT2D eigenvalue weighted by molar-refractivity contribution is -0.120. The van der Waals surface area contributed by atoms with Crippen LogP contribution in [0.2, 0.25) is 0 Å². The van der Waals surface area contributed by atoms with Gasteiger partial charge in [0.1, 0.15) is 0 Å². The summed E-state index contributed by atoms with van der Waals surface area (Å²) in [6.07, 6.45) is 2.47. The summed E-state index contributed by atoms with van der Waals surface area (Å²) in [4.78, 5) is 18.2. The van der Waals surface area contributed by atoms with Gasteiger partial charge in [0.2, 0.25) is 5.91 Å². The van der Waals surface area contributed by atoms with Crippen molar-refractivity contribution in [2.24, 2.45) is 0 Å². The van der Waals surface area contributed by atoms with E-state index in [1.54, 1.807) is 0 Å². The van der Waals surface area contributed by atoms with Crippen molar-refractivity contribution in [2.45, 2.75) is 19.3 Å². The molecule has 0 bridgehead atoms. The molecule has 4 heteroatoms. The van der Waals surface area contributed by atoms with Gasteiger partial charge >= 0.3 is 0 Å². The van der Waals surface area contributed by atoms with E-state index in [0.717, 1.165) is 22.3 Å². The lowest BCUT2D eigenvalue weighted by atomic mass is 9.90. The van der Waals surface area contributed by atoms with Gasteiger partial charge in [-0.15, -0.1) is 0 Å². The highest BCUT2D eigenvalue weighted by Gasteiger charge is 2.19. The van der Waals surface area contributed by atoms with Gasteiger partial charge in [0, 0.05) is 49.3 Å². The molecular formula is C27H29N3O. The third-order valence-electron chi connectivity index (χ3n) is 5.92.